The van der Waals surface area contributed by atoms with Gasteiger partial charge in [0.25, 0.3) is 5.91 Å². The molecule has 9 heteroatoms. The molecule has 0 aliphatic carbocycles. The number of carbonyl (C=O) groups is 1. The highest BCUT2D eigenvalue weighted by molar-refractivity contribution is 7.91. The molecule has 4 rings (SSSR count). The lowest BCUT2D eigenvalue weighted by Crippen LogP contribution is -2.39. The maximum atomic E-state index is 12.8. The van der Waals surface area contributed by atoms with Crippen LogP contribution in [-0.4, -0.2) is 58.2 Å². The zero-order valence-corrected chi connectivity index (χ0v) is 16.3. The number of pyridine rings is 2. The van der Waals surface area contributed by atoms with Gasteiger partial charge in [-0.15, -0.1) is 0 Å². The van der Waals surface area contributed by atoms with Gasteiger partial charge >= 0.3 is 0 Å². The predicted octanol–water partition coefficient (Wildman–Crippen LogP) is 1.52. The van der Waals surface area contributed by atoms with Crippen LogP contribution in [0.4, 0.5) is 5.82 Å². The molecular weight excluding hydrogens is 378 g/mol. The highest BCUT2D eigenvalue weighted by Crippen LogP contribution is 2.18. The fourth-order valence-electron chi connectivity index (χ4n) is 3.21. The van der Waals surface area contributed by atoms with Gasteiger partial charge in [-0.25, -0.2) is 18.4 Å². The third-order valence-corrected chi connectivity index (χ3v) is 6.40. The lowest BCUT2D eigenvalue weighted by Gasteiger charge is -2.25. The fraction of sp³-hybridized carbons (Fsp3) is 0.316. The lowest BCUT2D eigenvalue weighted by atomic mass is 10.3. The Morgan fingerprint density at radius 1 is 1.18 bits per heavy atom. The molecule has 1 fully saturated rings. The number of rotatable bonds is 4. The van der Waals surface area contributed by atoms with Crippen molar-refractivity contribution < 1.29 is 13.2 Å². The number of nitrogens with one attached hydrogen (secondary N) is 1. The van der Waals surface area contributed by atoms with E-state index in [2.05, 4.69) is 20.2 Å². The van der Waals surface area contributed by atoms with Crippen molar-refractivity contribution in [2.45, 2.75) is 13.5 Å². The van der Waals surface area contributed by atoms with E-state index in [-0.39, 0.29) is 23.2 Å². The van der Waals surface area contributed by atoms with Gasteiger partial charge in [0.15, 0.2) is 9.84 Å². The van der Waals surface area contributed by atoms with Gasteiger partial charge in [-0.1, -0.05) is 12.1 Å². The molecule has 0 aromatic carbocycles. The van der Waals surface area contributed by atoms with Crippen LogP contribution in [-0.2, 0) is 16.4 Å². The first-order valence-electron chi connectivity index (χ1n) is 9.04. The summed E-state index contributed by atoms with van der Waals surface area (Å²) < 4.78 is 25.0. The molecule has 0 radical (unpaired) electrons. The standard InChI is InChI=1S/C19H21N5O3S/c1-14-5-6-17(20-12-14)22-19(25)18-21-15(16-4-2-3-7-24(16)18)13-23-8-10-28(26,27)11-9-23/h2-7,12H,8-11,13H2,1H3,(H,20,22,25). The van der Waals surface area contributed by atoms with Crippen LogP contribution in [0.15, 0.2) is 42.7 Å². The maximum Gasteiger partial charge on any atom is 0.293 e. The van der Waals surface area contributed by atoms with Crippen LogP contribution < -0.4 is 5.32 Å². The van der Waals surface area contributed by atoms with Gasteiger partial charge < -0.3 is 5.32 Å². The summed E-state index contributed by atoms with van der Waals surface area (Å²) in [5, 5.41) is 2.78. The van der Waals surface area contributed by atoms with E-state index < -0.39 is 9.84 Å². The number of aryl methyl sites for hydroxylation is 1. The van der Waals surface area contributed by atoms with Gasteiger partial charge in [0.05, 0.1) is 22.7 Å². The third kappa shape index (κ3) is 3.90. The Balaban J connectivity index is 1.59. The molecule has 3 aromatic heterocycles. The van der Waals surface area contributed by atoms with E-state index in [1.807, 2.05) is 31.2 Å². The number of amides is 1. The second-order valence-corrected chi connectivity index (χ2v) is 9.24. The van der Waals surface area contributed by atoms with E-state index >= 15 is 0 Å². The van der Waals surface area contributed by atoms with Crippen molar-refractivity contribution in [3.63, 3.8) is 0 Å². The van der Waals surface area contributed by atoms with Crippen LogP contribution in [0.5, 0.6) is 0 Å². The molecule has 146 valence electrons. The van der Waals surface area contributed by atoms with Crippen LogP contribution >= 0.6 is 0 Å². The number of hydrogen-bond donors (Lipinski definition) is 1. The van der Waals surface area contributed by atoms with E-state index in [0.717, 1.165) is 16.8 Å². The molecule has 1 aliphatic heterocycles. The summed E-state index contributed by atoms with van der Waals surface area (Å²) in [4.78, 5) is 23.6. The summed E-state index contributed by atoms with van der Waals surface area (Å²) in [6.07, 6.45) is 3.49. The summed E-state index contributed by atoms with van der Waals surface area (Å²) in [6.45, 7) is 3.38. The Morgan fingerprint density at radius 3 is 2.68 bits per heavy atom. The third-order valence-electron chi connectivity index (χ3n) is 4.79. The van der Waals surface area contributed by atoms with E-state index in [1.165, 1.54) is 0 Å². The number of imidazole rings is 1. The normalized spacial score (nSPS) is 16.9. The van der Waals surface area contributed by atoms with Crippen molar-refractivity contribution in [1.82, 2.24) is 19.3 Å². The monoisotopic (exact) mass is 399 g/mol. The predicted molar refractivity (Wildman–Crippen MR) is 106 cm³/mol. The van der Waals surface area contributed by atoms with Gasteiger partial charge in [0, 0.05) is 32.0 Å². The average molecular weight is 399 g/mol. The smallest absolute Gasteiger partial charge is 0.293 e. The minimum atomic E-state index is -2.93. The van der Waals surface area contributed by atoms with E-state index in [9.17, 15) is 13.2 Å². The molecule has 1 saturated heterocycles. The molecule has 8 nitrogen and oxygen atoms in total. The van der Waals surface area contributed by atoms with Crippen LogP contribution in [0.1, 0.15) is 21.9 Å². The molecule has 0 unspecified atom stereocenters. The summed E-state index contributed by atoms with van der Waals surface area (Å²) in [5.74, 6) is 0.713. The van der Waals surface area contributed by atoms with Crippen molar-refractivity contribution >= 4 is 27.1 Å². The molecule has 1 aliphatic rings. The molecule has 1 N–H and O–H groups in total. The summed E-state index contributed by atoms with van der Waals surface area (Å²) in [6, 6.07) is 9.27. The number of fused-ring (bicyclic) bond motifs is 1. The van der Waals surface area contributed by atoms with Crippen LogP contribution in [0.2, 0.25) is 0 Å². The summed E-state index contributed by atoms with van der Waals surface area (Å²) >= 11 is 0. The number of sulfone groups is 1. The van der Waals surface area contributed by atoms with Crippen molar-refractivity contribution in [3.05, 3.63) is 59.8 Å². The Bertz CT molecular complexity index is 1110. The quantitative estimate of drug-likeness (QED) is 0.715. The first-order valence-corrected chi connectivity index (χ1v) is 10.9. The highest BCUT2D eigenvalue weighted by Gasteiger charge is 2.24. The second-order valence-electron chi connectivity index (χ2n) is 6.94. The molecule has 0 spiro atoms. The molecule has 0 bridgehead atoms. The van der Waals surface area contributed by atoms with Gasteiger partial charge in [0.1, 0.15) is 5.82 Å². The number of carbonyl (C=O) groups excluding carboxylic acids is 1. The largest absolute Gasteiger partial charge is 0.304 e. The van der Waals surface area contributed by atoms with Crippen LogP contribution in [0.3, 0.4) is 0 Å². The maximum absolute atomic E-state index is 12.8. The molecule has 0 atom stereocenters. The lowest BCUT2D eigenvalue weighted by molar-refractivity contribution is 0.101. The molecule has 1 amide bonds. The average Bonchev–Trinajstić information content (AvgIpc) is 3.04. The molecule has 0 saturated carbocycles. The van der Waals surface area contributed by atoms with Crippen molar-refractivity contribution in [2.24, 2.45) is 0 Å². The number of aromatic nitrogens is 3. The Kier molecular flexibility index (Phi) is 4.86. The van der Waals surface area contributed by atoms with Gasteiger partial charge in [0.2, 0.25) is 5.82 Å². The van der Waals surface area contributed by atoms with Gasteiger partial charge in [-0.2, -0.15) is 0 Å². The molecule has 28 heavy (non-hydrogen) atoms. The zero-order chi connectivity index (χ0) is 19.7. The van der Waals surface area contributed by atoms with Gasteiger partial charge in [-0.05, 0) is 30.7 Å². The fourth-order valence-corrected chi connectivity index (χ4v) is 4.49. The van der Waals surface area contributed by atoms with E-state index in [1.54, 1.807) is 22.9 Å². The van der Waals surface area contributed by atoms with Crippen molar-refractivity contribution in [3.8, 4) is 0 Å². The van der Waals surface area contributed by atoms with Gasteiger partial charge in [-0.3, -0.25) is 14.1 Å². The Hall–Kier alpha value is -2.78. The Morgan fingerprint density at radius 2 is 1.96 bits per heavy atom. The summed E-state index contributed by atoms with van der Waals surface area (Å²) in [7, 11) is -2.93. The number of anilines is 1. The highest BCUT2D eigenvalue weighted by atomic mass is 32.2. The summed E-state index contributed by atoms with van der Waals surface area (Å²) in [5.41, 5.74) is 2.59. The van der Waals surface area contributed by atoms with Crippen molar-refractivity contribution in [2.75, 3.05) is 29.9 Å². The topological polar surface area (TPSA) is 96.7 Å². The van der Waals surface area contributed by atoms with E-state index in [4.69, 9.17) is 0 Å². The second kappa shape index (κ2) is 7.33. The number of nitrogens with zero attached hydrogens (tertiary/aromatic N) is 4. The SMILES string of the molecule is Cc1ccc(NC(=O)c2nc(CN3CCS(=O)(=O)CC3)c3ccccn23)nc1. The number of hydrogen-bond acceptors (Lipinski definition) is 6. The minimum Gasteiger partial charge on any atom is -0.304 e. The zero-order valence-electron chi connectivity index (χ0n) is 15.5. The minimum absolute atomic E-state index is 0.158. The molecule has 4 heterocycles. The van der Waals surface area contributed by atoms with Crippen LogP contribution in [0.25, 0.3) is 5.52 Å². The van der Waals surface area contributed by atoms with Crippen LogP contribution in [0, 0.1) is 6.92 Å². The first-order chi connectivity index (χ1) is 13.4. The molecular formula is C19H21N5O3S. The van der Waals surface area contributed by atoms with Crippen molar-refractivity contribution in [1.29, 1.82) is 0 Å². The Labute approximate surface area is 163 Å². The van der Waals surface area contributed by atoms with E-state index in [0.29, 0.717) is 25.5 Å². The molecule has 3 aromatic rings. The first kappa shape index (κ1) is 18.6.